The number of rotatable bonds is 8. The van der Waals surface area contributed by atoms with Crippen LogP contribution in [0.1, 0.15) is 19.8 Å². The van der Waals surface area contributed by atoms with E-state index in [1.807, 2.05) is 6.92 Å². The number of hydrogen-bond acceptors (Lipinski definition) is 4. The summed E-state index contributed by atoms with van der Waals surface area (Å²) < 4.78 is 64.9. The summed E-state index contributed by atoms with van der Waals surface area (Å²) >= 11 is 0. The highest BCUT2D eigenvalue weighted by Gasteiger charge is 2.46. The Labute approximate surface area is 138 Å². The van der Waals surface area contributed by atoms with E-state index < -0.39 is 20.2 Å². The van der Waals surface area contributed by atoms with Gasteiger partial charge in [-0.1, -0.05) is 13.3 Å². The van der Waals surface area contributed by atoms with Gasteiger partial charge in [-0.3, -0.25) is 4.99 Å². The Morgan fingerprint density at radius 1 is 1.29 bits per heavy atom. The van der Waals surface area contributed by atoms with Crippen molar-refractivity contribution in [2.75, 3.05) is 19.7 Å². The molecule has 0 aliphatic carbocycles. The Kier molecular flexibility index (Phi) is 7.33. The van der Waals surface area contributed by atoms with E-state index in [0.29, 0.717) is 19.0 Å². The van der Waals surface area contributed by atoms with Gasteiger partial charge in [-0.2, -0.15) is 13.2 Å². The molecule has 0 amide bonds. The van der Waals surface area contributed by atoms with Crippen molar-refractivity contribution in [2.45, 2.75) is 30.2 Å². The molecule has 1 aromatic carbocycles. The van der Waals surface area contributed by atoms with Crippen LogP contribution in [-0.2, 0) is 9.84 Å². The van der Waals surface area contributed by atoms with Gasteiger partial charge in [-0.25, -0.2) is 8.42 Å². The first kappa shape index (κ1) is 20.1. The number of sulfone groups is 1. The number of alkyl halides is 3. The Morgan fingerprint density at radius 2 is 1.92 bits per heavy atom. The zero-order valence-corrected chi connectivity index (χ0v) is 14.0. The van der Waals surface area contributed by atoms with Crippen LogP contribution in [-0.4, -0.2) is 39.6 Å². The van der Waals surface area contributed by atoms with Crippen LogP contribution in [0.5, 0.6) is 5.75 Å². The molecule has 0 saturated carbocycles. The van der Waals surface area contributed by atoms with Crippen molar-refractivity contribution in [3.05, 3.63) is 24.3 Å². The summed E-state index contributed by atoms with van der Waals surface area (Å²) in [5.41, 5.74) is 0.287. The van der Waals surface area contributed by atoms with Crippen LogP contribution in [0.4, 0.5) is 13.2 Å². The van der Waals surface area contributed by atoms with Gasteiger partial charge in [-0.05, 0) is 30.7 Å². The number of halogens is 3. The molecule has 0 fully saturated rings. The van der Waals surface area contributed by atoms with E-state index in [2.05, 4.69) is 10.3 Å². The molecule has 0 radical (unpaired) electrons. The van der Waals surface area contributed by atoms with E-state index >= 15 is 0 Å². The summed E-state index contributed by atoms with van der Waals surface area (Å²) in [5, 5.41) is 2.83. The first-order valence-electron chi connectivity index (χ1n) is 7.26. The van der Waals surface area contributed by atoms with Gasteiger partial charge in [0.2, 0.25) is 0 Å². The van der Waals surface area contributed by atoms with Gasteiger partial charge >= 0.3 is 5.51 Å². The number of nitrogens with zero attached hydrogens (tertiary/aromatic N) is 1. The normalized spacial score (nSPS) is 12.9. The second-order valence-corrected chi connectivity index (χ2v) is 6.76. The first-order valence-corrected chi connectivity index (χ1v) is 8.75. The third-order valence-electron chi connectivity index (χ3n) is 2.91. The summed E-state index contributed by atoms with van der Waals surface area (Å²) in [6.45, 7) is 3.21. The van der Waals surface area contributed by atoms with Crippen molar-refractivity contribution < 1.29 is 26.3 Å². The number of aliphatic imine (C=N–C) groups is 1. The first-order chi connectivity index (χ1) is 11.2. The molecule has 0 unspecified atom stereocenters. The molecule has 1 rings (SSSR count). The topological polar surface area (TPSA) is 93.8 Å². The summed E-state index contributed by atoms with van der Waals surface area (Å²) in [4.78, 5) is 3.25. The van der Waals surface area contributed by atoms with Crippen LogP contribution in [0.25, 0.3) is 0 Å². The third-order valence-corrected chi connectivity index (χ3v) is 4.41. The van der Waals surface area contributed by atoms with E-state index in [-0.39, 0.29) is 12.4 Å². The van der Waals surface area contributed by atoms with Crippen LogP contribution in [0.2, 0.25) is 0 Å². The molecule has 0 atom stereocenters. The SMILES string of the molecule is CCCCN=C(N)NCCOc1ccc(S(=O)(=O)C(F)(F)F)cc1. The predicted octanol–water partition coefficient (Wildman–Crippen LogP) is 2.06. The average molecular weight is 367 g/mol. The lowest BCUT2D eigenvalue weighted by atomic mass is 10.3. The Hall–Kier alpha value is -1.97. The molecule has 136 valence electrons. The second kappa shape index (κ2) is 8.76. The maximum atomic E-state index is 12.4. The predicted molar refractivity (Wildman–Crippen MR) is 84.6 cm³/mol. The maximum absolute atomic E-state index is 12.4. The minimum absolute atomic E-state index is 0.190. The molecule has 0 spiro atoms. The van der Waals surface area contributed by atoms with Crippen molar-refractivity contribution in [3.63, 3.8) is 0 Å². The highest BCUT2D eigenvalue weighted by molar-refractivity contribution is 7.92. The molecule has 6 nitrogen and oxygen atoms in total. The standard InChI is InChI=1S/C14H20F3N3O3S/c1-2-3-8-19-13(18)20-9-10-23-11-4-6-12(7-5-11)24(21,22)14(15,16)17/h4-7H,2-3,8-10H2,1H3,(H3,18,19,20). The highest BCUT2D eigenvalue weighted by atomic mass is 32.2. The molecule has 0 heterocycles. The lowest BCUT2D eigenvalue weighted by molar-refractivity contribution is -0.0436. The molecule has 1 aromatic rings. The van der Waals surface area contributed by atoms with Crippen molar-refractivity contribution in [2.24, 2.45) is 10.7 Å². The number of benzene rings is 1. The van der Waals surface area contributed by atoms with E-state index in [1.54, 1.807) is 0 Å². The summed E-state index contributed by atoms with van der Waals surface area (Å²) in [7, 11) is -5.34. The van der Waals surface area contributed by atoms with E-state index in [4.69, 9.17) is 10.5 Å². The summed E-state index contributed by atoms with van der Waals surface area (Å²) in [6, 6.07) is 4.03. The fourth-order valence-electron chi connectivity index (χ4n) is 1.61. The second-order valence-electron chi connectivity index (χ2n) is 4.82. The largest absolute Gasteiger partial charge is 0.501 e. The van der Waals surface area contributed by atoms with Gasteiger partial charge < -0.3 is 15.8 Å². The van der Waals surface area contributed by atoms with Crippen molar-refractivity contribution >= 4 is 15.8 Å². The number of hydrogen-bond donors (Lipinski definition) is 2. The summed E-state index contributed by atoms with van der Waals surface area (Å²) in [5.74, 6) is 0.540. The van der Waals surface area contributed by atoms with Gasteiger partial charge in [0.15, 0.2) is 5.96 Å². The molecule has 0 aliphatic heterocycles. The van der Waals surface area contributed by atoms with Crippen LogP contribution < -0.4 is 15.8 Å². The highest BCUT2D eigenvalue weighted by Crippen LogP contribution is 2.30. The fraction of sp³-hybridized carbons (Fsp3) is 0.500. The smallest absolute Gasteiger partial charge is 0.492 e. The van der Waals surface area contributed by atoms with E-state index in [0.717, 1.165) is 37.1 Å². The summed E-state index contributed by atoms with van der Waals surface area (Å²) in [6.07, 6.45) is 1.95. The van der Waals surface area contributed by atoms with Gasteiger partial charge in [0.1, 0.15) is 12.4 Å². The number of ether oxygens (including phenoxy) is 1. The van der Waals surface area contributed by atoms with Crippen molar-refractivity contribution in [1.82, 2.24) is 5.32 Å². The lowest BCUT2D eigenvalue weighted by Crippen LogP contribution is -2.34. The molecule has 10 heteroatoms. The number of unbranched alkanes of at least 4 members (excludes halogenated alkanes) is 1. The molecular formula is C14H20F3N3O3S. The molecular weight excluding hydrogens is 347 g/mol. The van der Waals surface area contributed by atoms with Crippen molar-refractivity contribution in [1.29, 1.82) is 0 Å². The molecule has 0 bridgehead atoms. The minimum Gasteiger partial charge on any atom is -0.492 e. The molecule has 3 N–H and O–H groups in total. The monoisotopic (exact) mass is 367 g/mol. The number of nitrogens with two attached hydrogens (primary N) is 1. The van der Waals surface area contributed by atoms with E-state index in [9.17, 15) is 21.6 Å². The molecule has 0 aliphatic rings. The van der Waals surface area contributed by atoms with Gasteiger partial charge in [0, 0.05) is 6.54 Å². The maximum Gasteiger partial charge on any atom is 0.501 e. The van der Waals surface area contributed by atoms with Crippen LogP contribution >= 0.6 is 0 Å². The zero-order valence-electron chi connectivity index (χ0n) is 13.1. The average Bonchev–Trinajstić information content (AvgIpc) is 2.51. The minimum atomic E-state index is -5.34. The third kappa shape index (κ3) is 5.91. The quantitative estimate of drug-likeness (QED) is 0.417. The van der Waals surface area contributed by atoms with Crippen LogP contribution in [0.15, 0.2) is 34.2 Å². The Bertz CT molecular complexity index is 643. The van der Waals surface area contributed by atoms with Crippen LogP contribution in [0.3, 0.4) is 0 Å². The number of guanidine groups is 1. The lowest BCUT2D eigenvalue weighted by Gasteiger charge is -2.10. The van der Waals surface area contributed by atoms with Crippen molar-refractivity contribution in [3.8, 4) is 5.75 Å². The van der Waals surface area contributed by atoms with Gasteiger partial charge in [0.25, 0.3) is 9.84 Å². The Morgan fingerprint density at radius 3 is 2.46 bits per heavy atom. The molecule has 0 aromatic heterocycles. The van der Waals surface area contributed by atoms with E-state index in [1.165, 1.54) is 0 Å². The Balaban J connectivity index is 2.48. The zero-order chi connectivity index (χ0) is 18.2. The van der Waals surface area contributed by atoms with Gasteiger partial charge in [0.05, 0.1) is 11.4 Å². The number of nitrogens with one attached hydrogen (secondary N) is 1. The fourth-order valence-corrected chi connectivity index (χ4v) is 2.37. The molecule has 0 saturated heterocycles. The van der Waals surface area contributed by atoms with Gasteiger partial charge in [-0.15, -0.1) is 0 Å². The van der Waals surface area contributed by atoms with Crippen LogP contribution in [0, 0.1) is 0 Å². The molecule has 24 heavy (non-hydrogen) atoms.